The van der Waals surface area contributed by atoms with Crippen LogP contribution in [0.25, 0.3) is 0 Å². The molecule has 0 aliphatic rings. The quantitative estimate of drug-likeness (QED) is 0.822. The number of hydrogen-bond donors (Lipinski definition) is 2. The summed E-state index contributed by atoms with van der Waals surface area (Å²) in [7, 11) is 0. The lowest BCUT2D eigenvalue weighted by molar-refractivity contribution is 0.444. The van der Waals surface area contributed by atoms with Gasteiger partial charge in [0.05, 0.1) is 11.3 Å². The van der Waals surface area contributed by atoms with Crippen LogP contribution in [-0.4, -0.2) is 20.8 Å². The van der Waals surface area contributed by atoms with E-state index in [0.29, 0.717) is 17.5 Å². The second-order valence-electron chi connectivity index (χ2n) is 3.87. The molecule has 15 heavy (non-hydrogen) atoms. The van der Waals surface area contributed by atoms with E-state index in [4.69, 9.17) is 0 Å². The highest BCUT2D eigenvalue weighted by atomic mass is 32.2. The number of rotatable bonds is 4. The molecule has 0 fully saturated rings. The Morgan fingerprint density at radius 3 is 2.73 bits per heavy atom. The topological polar surface area (TPSA) is 66.0 Å². The van der Waals surface area contributed by atoms with Crippen molar-refractivity contribution in [2.24, 2.45) is 5.92 Å². The number of thioether (sulfide) groups is 1. The van der Waals surface area contributed by atoms with Crippen molar-refractivity contribution in [1.82, 2.24) is 9.97 Å². The van der Waals surface area contributed by atoms with Crippen LogP contribution in [0.15, 0.2) is 4.79 Å². The zero-order valence-electron chi connectivity index (χ0n) is 9.20. The third-order valence-electron chi connectivity index (χ3n) is 1.86. The summed E-state index contributed by atoms with van der Waals surface area (Å²) in [5.41, 5.74) is 0.00950. The number of hydrogen-bond acceptors (Lipinski definition) is 4. The monoisotopic (exact) mass is 228 g/mol. The highest BCUT2D eigenvalue weighted by Crippen LogP contribution is 2.14. The van der Waals surface area contributed by atoms with Gasteiger partial charge >= 0.3 is 0 Å². The molecule has 5 heteroatoms. The molecule has 0 aliphatic heterocycles. The minimum Gasteiger partial charge on any atom is -0.493 e. The molecule has 0 saturated carbocycles. The largest absolute Gasteiger partial charge is 0.493 e. The smallest absolute Gasteiger partial charge is 0.257 e. The first-order valence-corrected chi connectivity index (χ1v) is 6.02. The molecule has 0 atom stereocenters. The number of H-pyrrole nitrogens is 1. The third kappa shape index (κ3) is 3.58. The maximum Gasteiger partial charge on any atom is 0.257 e. The Morgan fingerprint density at radius 2 is 2.20 bits per heavy atom. The Hall–Kier alpha value is -0.970. The minimum atomic E-state index is -0.261. The summed E-state index contributed by atoms with van der Waals surface area (Å²) in [6, 6.07) is 0. The second-order valence-corrected chi connectivity index (χ2v) is 4.90. The molecule has 4 nitrogen and oxygen atoms in total. The van der Waals surface area contributed by atoms with E-state index >= 15 is 0 Å². The molecule has 1 aromatic rings. The van der Waals surface area contributed by atoms with Gasteiger partial charge in [0.2, 0.25) is 5.88 Å². The molecule has 0 bridgehead atoms. The summed E-state index contributed by atoms with van der Waals surface area (Å²) in [5.74, 6) is 2.62. The van der Waals surface area contributed by atoms with Crippen molar-refractivity contribution in [2.45, 2.75) is 26.5 Å². The highest BCUT2D eigenvalue weighted by molar-refractivity contribution is 7.98. The summed E-state index contributed by atoms with van der Waals surface area (Å²) >= 11 is 1.69. The molecule has 1 aromatic heterocycles. The fourth-order valence-corrected chi connectivity index (χ4v) is 1.94. The van der Waals surface area contributed by atoms with E-state index in [2.05, 4.69) is 23.8 Å². The van der Waals surface area contributed by atoms with E-state index < -0.39 is 0 Å². The van der Waals surface area contributed by atoms with Crippen molar-refractivity contribution >= 4 is 11.8 Å². The van der Waals surface area contributed by atoms with Crippen LogP contribution >= 0.6 is 11.8 Å². The van der Waals surface area contributed by atoms with Gasteiger partial charge in [-0.3, -0.25) is 4.79 Å². The number of aromatic hydroxyl groups is 1. The molecule has 0 radical (unpaired) electrons. The number of nitrogens with zero attached hydrogens (tertiary/aromatic N) is 1. The van der Waals surface area contributed by atoms with Gasteiger partial charge < -0.3 is 10.1 Å². The molecule has 0 spiro atoms. The molecular formula is C10H16N2O2S. The number of nitrogens with one attached hydrogen (secondary N) is 1. The van der Waals surface area contributed by atoms with Gasteiger partial charge in [0, 0.05) is 0 Å². The first kappa shape index (κ1) is 12.1. The lowest BCUT2D eigenvalue weighted by Gasteiger charge is -2.05. The van der Waals surface area contributed by atoms with E-state index in [1.165, 1.54) is 0 Å². The van der Waals surface area contributed by atoms with Crippen molar-refractivity contribution in [3.8, 4) is 5.88 Å². The van der Waals surface area contributed by atoms with Gasteiger partial charge in [0.1, 0.15) is 5.82 Å². The highest BCUT2D eigenvalue weighted by Gasteiger charge is 2.06. The maximum atomic E-state index is 11.3. The summed E-state index contributed by atoms with van der Waals surface area (Å²) in [4.78, 5) is 17.8. The molecular weight excluding hydrogens is 212 g/mol. The molecule has 0 saturated heterocycles. The summed E-state index contributed by atoms with van der Waals surface area (Å²) in [5, 5.41) is 9.35. The van der Waals surface area contributed by atoms with Crippen LogP contribution in [0, 0.1) is 12.8 Å². The van der Waals surface area contributed by atoms with Crippen LogP contribution in [0.1, 0.15) is 25.2 Å². The van der Waals surface area contributed by atoms with E-state index in [1.54, 1.807) is 18.7 Å². The SMILES string of the molecule is Cc1c(O)nc(CSCC(C)C)[nH]c1=O. The minimum absolute atomic E-state index is 0.168. The molecule has 1 rings (SSSR count). The Morgan fingerprint density at radius 1 is 1.53 bits per heavy atom. The number of aromatic nitrogens is 2. The lowest BCUT2D eigenvalue weighted by atomic mass is 10.3. The Balaban J connectivity index is 2.67. The van der Waals surface area contributed by atoms with E-state index in [1.807, 2.05) is 0 Å². The van der Waals surface area contributed by atoms with Crippen LogP contribution in [-0.2, 0) is 5.75 Å². The molecule has 0 aromatic carbocycles. The molecule has 1 heterocycles. The summed E-state index contributed by atoms with van der Waals surface area (Å²) < 4.78 is 0. The standard InChI is InChI=1S/C10H16N2O2S/c1-6(2)4-15-5-8-11-9(13)7(3)10(14)12-8/h6H,4-5H2,1-3H3,(H2,11,12,13,14). The van der Waals surface area contributed by atoms with Gasteiger partial charge in [-0.05, 0) is 18.6 Å². The van der Waals surface area contributed by atoms with Crippen molar-refractivity contribution in [3.05, 3.63) is 21.7 Å². The van der Waals surface area contributed by atoms with Gasteiger partial charge in [-0.1, -0.05) is 13.8 Å². The van der Waals surface area contributed by atoms with Crippen molar-refractivity contribution < 1.29 is 5.11 Å². The van der Waals surface area contributed by atoms with Crippen LogP contribution in [0.2, 0.25) is 0 Å². The zero-order valence-corrected chi connectivity index (χ0v) is 10.0. The van der Waals surface area contributed by atoms with E-state index in [9.17, 15) is 9.90 Å². The first-order valence-electron chi connectivity index (χ1n) is 4.87. The van der Waals surface area contributed by atoms with Gasteiger partial charge in [-0.15, -0.1) is 0 Å². The fraction of sp³-hybridized carbons (Fsp3) is 0.600. The van der Waals surface area contributed by atoms with Gasteiger partial charge in [0.25, 0.3) is 5.56 Å². The fourth-order valence-electron chi connectivity index (χ4n) is 1.03. The molecule has 0 unspecified atom stereocenters. The van der Waals surface area contributed by atoms with Gasteiger partial charge in [-0.25, -0.2) is 0 Å². The first-order chi connectivity index (χ1) is 7.00. The predicted molar refractivity (Wildman–Crippen MR) is 62.3 cm³/mol. The van der Waals surface area contributed by atoms with E-state index in [0.717, 1.165) is 5.75 Å². The predicted octanol–water partition coefficient (Wildman–Crippen LogP) is 1.67. The maximum absolute atomic E-state index is 11.3. The normalized spacial score (nSPS) is 10.9. The molecule has 84 valence electrons. The third-order valence-corrected chi connectivity index (χ3v) is 3.24. The van der Waals surface area contributed by atoms with E-state index in [-0.39, 0.29) is 17.0 Å². The van der Waals surface area contributed by atoms with Crippen molar-refractivity contribution in [2.75, 3.05) is 5.75 Å². The zero-order chi connectivity index (χ0) is 11.4. The van der Waals surface area contributed by atoms with Crippen molar-refractivity contribution in [1.29, 1.82) is 0 Å². The average Bonchev–Trinajstić information content (AvgIpc) is 2.13. The van der Waals surface area contributed by atoms with Crippen LogP contribution in [0.3, 0.4) is 0 Å². The Labute approximate surface area is 93.1 Å². The molecule has 0 aliphatic carbocycles. The lowest BCUT2D eigenvalue weighted by Crippen LogP contribution is -2.13. The van der Waals surface area contributed by atoms with Crippen molar-refractivity contribution in [3.63, 3.8) is 0 Å². The molecule has 2 N–H and O–H groups in total. The van der Waals surface area contributed by atoms with Gasteiger partial charge in [0.15, 0.2) is 0 Å². The number of aromatic amines is 1. The summed E-state index contributed by atoms with van der Waals surface area (Å²) in [6.45, 7) is 5.82. The van der Waals surface area contributed by atoms with Crippen LogP contribution in [0.5, 0.6) is 5.88 Å². The second kappa shape index (κ2) is 5.21. The van der Waals surface area contributed by atoms with Crippen LogP contribution in [0.4, 0.5) is 0 Å². The van der Waals surface area contributed by atoms with Crippen LogP contribution < -0.4 is 5.56 Å². The Kier molecular flexibility index (Phi) is 4.20. The Bertz CT molecular complexity index is 387. The molecule has 0 amide bonds. The summed E-state index contributed by atoms with van der Waals surface area (Å²) in [6.07, 6.45) is 0. The average molecular weight is 228 g/mol. The van der Waals surface area contributed by atoms with Gasteiger partial charge in [-0.2, -0.15) is 16.7 Å².